The molecule has 0 spiro atoms. The van der Waals surface area contributed by atoms with Gasteiger partial charge < -0.3 is 9.84 Å². The molecule has 1 heterocycles. The summed E-state index contributed by atoms with van der Waals surface area (Å²) in [4.78, 5) is 14.0. The summed E-state index contributed by atoms with van der Waals surface area (Å²) >= 11 is 0. The van der Waals surface area contributed by atoms with E-state index in [4.69, 9.17) is 4.74 Å². The van der Waals surface area contributed by atoms with Gasteiger partial charge in [0.05, 0.1) is 12.2 Å². The molecule has 2 aromatic rings. The van der Waals surface area contributed by atoms with Crippen LogP contribution in [-0.2, 0) is 6.42 Å². The summed E-state index contributed by atoms with van der Waals surface area (Å²) in [5.41, 5.74) is 6.70. The molecule has 1 N–H and O–H groups in total. The summed E-state index contributed by atoms with van der Waals surface area (Å²) in [6, 6.07) is 14.2. The molecule has 3 aliphatic rings. The topological polar surface area (TPSA) is 49.8 Å². The van der Waals surface area contributed by atoms with Crippen molar-refractivity contribution in [3.63, 3.8) is 0 Å². The summed E-state index contributed by atoms with van der Waals surface area (Å²) in [5.74, 6) is 1.39. The van der Waals surface area contributed by atoms with Crippen LogP contribution in [0.2, 0.25) is 0 Å². The van der Waals surface area contributed by atoms with Crippen LogP contribution in [0.15, 0.2) is 48.0 Å². The van der Waals surface area contributed by atoms with Gasteiger partial charge in [0.1, 0.15) is 11.9 Å². The fraction of sp³-hybridized carbons (Fsp3) is 0.531. The molecule has 0 bridgehead atoms. The van der Waals surface area contributed by atoms with Crippen LogP contribution < -0.4 is 4.74 Å². The number of carboxylic acids is 1. The van der Waals surface area contributed by atoms with Crippen molar-refractivity contribution in [2.45, 2.75) is 70.8 Å². The molecule has 4 nitrogen and oxygen atoms in total. The van der Waals surface area contributed by atoms with Crippen LogP contribution in [0.5, 0.6) is 5.75 Å². The first kappa shape index (κ1) is 26.0. The predicted molar refractivity (Wildman–Crippen MR) is 146 cm³/mol. The summed E-state index contributed by atoms with van der Waals surface area (Å²) in [7, 11) is 0. The molecule has 1 atom stereocenters. The minimum absolute atomic E-state index is 0.127. The maximum absolute atomic E-state index is 12.6. The molecular weight excluding hydrogens is 465 g/mol. The summed E-state index contributed by atoms with van der Waals surface area (Å²) < 4.78 is 19.0. The highest BCUT2D eigenvalue weighted by Gasteiger charge is 2.28. The van der Waals surface area contributed by atoms with Crippen LogP contribution in [0.1, 0.15) is 85.3 Å². The van der Waals surface area contributed by atoms with E-state index >= 15 is 0 Å². The van der Waals surface area contributed by atoms with Crippen molar-refractivity contribution in [3.05, 3.63) is 70.3 Å². The van der Waals surface area contributed by atoms with E-state index in [0.717, 1.165) is 62.5 Å². The number of ether oxygens (including phenoxy) is 1. The van der Waals surface area contributed by atoms with Crippen molar-refractivity contribution in [1.82, 2.24) is 4.90 Å². The van der Waals surface area contributed by atoms with E-state index < -0.39 is 5.97 Å². The zero-order valence-electron chi connectivity index (χ0n) is 22.1. The molecule has 2 aromatic carbocycles. The van der Waals surface area contributed by atoms with Gasteiger partial charge in [-0.25, -0.2) is 4.79 Å². The van der Waals surface area contributed by atoms with E-state index in [1.165, 1.54) is 42.4 Å². The molecule has 37 heavy (non-hydrogen) atoms. The first-order valence-electron chi connectivity index (χ1n) is 14.2. The third-order valence-corrected chi connectivity index (χ3v) is 8.61. The van der Waals surface area contributed by atoms with E-state index in [9.17, 15) is 14.3 Å². The molecule has 2 aliphatic carbocycles. The highest BCUT2D eigenvalue weighted by atomic mass is 19.1. The Balaban J connectivity index is 1.49. The number of halogens is 1. The normalized spacial score (nSPS) is 24.5. The molecule has 0 amide bonds. The molecule has 1 saturated carbocycles. The van der Waals surface area contributed by atoms with Crippen LogP contribution in [-0.4, -0.2) is 48.4 Å². The van der Waals surface area contributed by atoms with Crippen molar-refractivity contribution >= 4 is 11.5 Å². The van der Waals surface area contributed by atoms with Crippen LogP contribution >= 0.6 is 0 Å². The number of aromatic carboxylic acids is 1. The number of hydrogen-bond donors (Lipinski definition) is 1. The molecule has 1 saturated heterocycles. The third-order valence-electron chi connectivity index (χ3n) is 8.61. The van der Waals surface area contributed by atoms with Crippen LogP contribution in [0, 0.1) is 11.8 Å². The molecule has 1 aliphatic heterocycles. The number of nitrogens with zero attached hydrogens (tertiary/aromatic N) is 1. The Kier molecular flexibility index (Phi) is 8.29. The van der Waals surface area contributed by atoms with Crippen LogP contribution in [0.25, 0.3) is 5.57 Å². The van der Waals surface area contributed by atoms with Gasteiger partial charge in [-0.1, -0.05) is 43.5 Å². The number of carboxylic acid groups (broad SMARTS) is 1. The van der Waals surface area contributed by atoms with Crippen molar-refractivity contribution in [2.24, 2.45) is 11.8 Å². The standard InChI is InChI=1S/C32H40FNO3/c1-22-9-11-23(12-10-22)29-8-3-5-24-19-26(32(35)36)13-14-30(24)31(29)25-6-2-7-27(20-25)37-28-15-18-34(21-28)17-4-16-33/h2,6-7,13-14,19-20,22-23,28H,3-5,8-12,15-18,21H2,1H3,(H,35,36)/t22?,23?,28-/m1/s1. The smallest absolute Gasteiger partial charge is 0.335 e. The number of likely N-dealkylation sites (tertiary alicyclic amines) is 1. The van der Waals surface area contributed by atoms with Gasteiger partial charge in [-0.05, 0) is 103 Å². The first-order valence-corrected chi connectivity index (χ1v) is 14.2. The summed E-state index contributed by atoms with van der Waals surface area (Å²) in [6.07, 6.45) is 9.70. The Labute approximate surface area is 220 Å². The Morgan fingerprint density at radius 2 is 1.92 bits per heavy atom. The largest absolute Gasteiger partial charge is 0.489 e. The fourth-order valence-electron chi connectivity index (χ4n) is 6.60. The van der Waals surface area contributed by atoms with Gasteiger partial charge in [0.25, 0.3) is 0 Å². The van der Waals surface area contributed by atoms with E-state index in [0.29, 0.717) is 17.9 Å². The number of hydrogen-bond acceptors (Lipinski definition) is 3. The molecule has 2 fully saturated rings. The maximum Gasteiger partial charge on any atom is 0.335 e. The predicted octanol–water partition coefficient (Wildman–Crippen LogP) is 7.16. The maximum atomic E-state index is 12.6. The van der Waals surface area contributed by atoms with Crippen LogP contribution in [0.3, 0.4) is 0 Å². The molecule has 0 radical (unpaired) electrons. The van der Waals surface area contributed by atoms with E-state index in [1.54, 1.807) is 11.6 Å². The van der Waals surface area contributed by atoms with Gasteiger partial charge in [-0.2, -0.15) is 0 Å². The lowest BCUT2D eigenvalue weighted by Gasteiger charge is -2.30. The lowest BCUT2D eigenvalue weighted by Crippen LogP contribution is -2.26. The van der Waals surface area contributed by atoms with Gasteiger partial charge in [0.15, 0.2) is 0 Å². The Bertz CT molecular complexity index is 1130. The monoisotopic (exact) mass is 505 g/mol. The number of fused-ring (bicyclic) bond motifs is 1. The van der Waals surface area contributed by atoms with Gasteiger partial charge in [0, 0.05) is 19.6 Å². The average Bonchev–Trinajstić information content (AvgIpc) is 3.25. The van der Waals surface area contributed by atoms with Gasteiger partial charge >= 0.3 is 5.97 Å². The molecule has 0 unspecified atom stereocenters. The lowest BCUT2D eigenvalue weighted by atomic mass is 9.75. The number of carbonyl (C=O) groups is 1. The zero-order chi connectivity index (χ0) is 25.8. The molecule has 0 aromatic heterocycles. The van der Waals surface area contributed by atoms with Crippen molar-refractivity contribution < 1.29 is 19.0 Å². The molecule has 5 heteroatoms. The van der Waals surface area contributed by atoms with Crippen molar-refractivity contribution in [2.75, 3.05) is 26.3 Å². The lowest BCUT2D eigenvalue weighted by molar-refractivity contribution is 0.0696. The zero-order valence-corrected chi connectivity index (χ0v) is 22.1. The number of allylic oxidation sites excluding steroid dienone is 1. The highest BCUT2D eigenvalue weighted by Crippen LogP contribution is 2.44. The fourth-order valence-corrected chi connectivity index (χ4v) is 6.60. The molecular formula is C32H40FNO3. The van der Waals surface area contributed by atoms with Gasteiger partial charge in [0.2, 0.25) is 0 Å². The van der Waals surface area contributed by atoms with E-state index in [1.807, 2.05) is 18.2 Å². The second-order valence-electron chi connectivity index (χ2n) is 11.3. The number of aryl methyl sites for hydroxylation is 1. The first-order chi connectivity index (χ1) is 18.0. The van der Waals surface area contributed by atoms with Crippen molar-refractivity contribution in [1.29, 1.82) is 0 Å². The number of benzene rings is 2. The van der Waals surface area contributed by atoms with Crippen LogP contribution in [0.4, 0.5) is 4.39 Å². The Morgan fingerprint density at radius 1 is 1.08 bits per heavy atom. The van der Waals surface area contributed by atoms with E-state index in [2.05, 4.69) is 30.0 Å². The summed E-state index contributed by atoms with van der Waals surface area (Å²) in [6.45, 7) is 4.70. The second kappa shape index (κ2) is 11.8. The molecule has 5 rings (SSSR count). The highest BCUT2D eigenvalue weighted by molar-refractivity contribution is 5.90. The molecule has 198 valence electrons. The number of alkyl halides is 1. The number of rotatable bonds is 8. The Morgan fingerprint density at radius 3 is 2.70 bits per heavy atom. The van der Waals surface area contributed by atoms with E-state index in [-0.39, 0.29) is 12.8 Å². The van der Waals surface area contributed by atoms with Gasteiger partial charge in [-0.3, -0.25) is 9.29 Å². The van der Waals surface area contributed by atoms with Gasteiger partial charge in [-0.15, -0.1) is 0 Å². The average molecular weight is 506 g/mol. The quantitative estimate of drug-likeness (QED) is 0.413. The minimum Gasteiger partial charge on any atom is -0.489 e. The summed E-state index contributed by atoms with van der Waals surface area (Å²) in [5, 5.41) is 9.61. The third kappa shape index (κ3) is 6.09. The van der Waals surface area contributed by atoms with Crippen molar-refractivity contribution in [3.8, 4) is 5.75 Å². The second-order valence-corrected chi connectivity index (χ2v) is 11.3. The Hall–Kier alpha value is -2.66. The SMILES string of the molecule is CC1CCC(C2=C(c3cccc(O[C@@H]4CCN(CCCF)C4)c3)c3ccc(C(=O)O)cc3CCC2)CC1. The minimum atomic E-state index is -0.869.